The van der Waals surface area contributed by atoms with Crippen LogP contribution in [0, 0.1) is 5.92 Å². The van der Waals surface area contributed by atoms with E-state index in [9.17, 15) is 9.59 Å². The van der Waals surface area contributed by atoms with Crippen LogP contribution in [0.2, 0.25) is 0 Å². The molecule has 0 heterocycles. The number of ketones is 1. The largest absolute Gasteiger partial charge is 0.346 e. The van der Waals surface area contributed by atoms with Crippen molar-refractivity contribution >= 4 is 11.7 Å². The number of nitrogens with one attached hydrogen (secondary N) is 1. The van der Waals surface area contributed by atoms with Gasteiger partial charge in [0.1, 0.15) is 0 Å². The van der Waals surface area contributed by atoms with Gasteiger partial charge in [0.25, 0.3) is 0 Å². The molecule has 0 spiro atoms. The minimum absolute atomic E-state index is 0.0555. The molecule has 0 fully saturated rings. The normalized spacial score (nSPS) is 16.6. The molecule has 0 aromatic heterocycles. The van der Waals surface area contributed by atoms with E-state index in [0.29, 0.717) is 6.42 Å². The van der Waals surface area contributed by atoms with E-state index in [1.54, 1.807) is 0 Å². The molecule has 3 nitrogen and oxygen atoms in total. The Labute approximate surface area is 103 Å². The fraction of sp³-hybridized carbons (Fsp3) is 0.571. The predicted octanol–water partition coefficient (Wildman–Crippen LogP) is 2.38. The predicted molar refractivity (Wildman–Crippen MR) is 68.5 cm³/mol. The van der Waals surface area contributed by atoms with Crippen LogP contribution < -0.4 is 5.32 Å². The Morgan fingerprint density at radius 2 is 2.06 bits per heavy atom. The van der Waals surface area contributed by atoms with E-state index in [1.165, 1.54) is 6.92 Å². The summed E-state index contributed by atoms with van der Waals surface area (Å²) in [5.41, 5.74) is 1.14. The SMILES string of the molecule is CC(=O)NC(CC1=CCCC=C1)C(=O)C(C)C. The molecule has 0 saturated heterocycles. The number of rotatable bonds is 5. The lowest BCUT2D eigenvalue weighted by Crippen LogP contribution is -2.41. The number of Topliss-reactive ketones (excluding diaryl/α,β-unsaturated/α-hetero) is 1. The summed E-state index contributed by atoms with van der Waals surface area (Å²) >= 11 is 0. The molecule has 1 amide bonds. The van der Waals surface area contributed by atoms with E-state index < -0.39 is 0 Å². The number of amides is 1. The lowest BCUT2D eigenvalue weighted by molar-refractivity contribution is -0.128. The van der Waals surface area contributed by atoms with Crippen molar-refractivity contribution in [3.05, 3.63) is 23.8 Å². The highest BCUT2D eigenvalue weighted by molar-refractivity contribution is 5.89. The number of hydrogen-bond acceptors (Lipinski definition) is 2. The van der Waals surface area contributed by atoms with Crippen LogP contribution >= 0.6 is 0 Å². The first-order valence-corrected chi connectivity index (χ1v) is 6.17. The average Bonchev–Trinajstić information content (AvgIpc) is 2.28. The Morgan fingerprint density at radius 1 is 1.35 bits per heavy atom. The van der Waals surface area contributed by atoms with Crippen LogP contribution in [0.1, 0.15) is 40.0 Å². The van der Waals surface area contributed by atoms with Gasteiger partial charge in [-0.1, -0.05) is 32.1 Å². The van der Waals surface area contributed by atoms with E-state index in [4.69, 9.17) is 0 Å². The molecule has 1 unspecified atom stereocenters. The zero-order chi connectivity index (χ0) is 12.8. The van der Waals surface area contributed by atoms with Crippen LogP contribution in [-0.2, 0) is 9.59 Å². The van der Waals surface area contributed by atoms with Crippen molar-refractivity contribution in [1.82, 2.24) is 5.32 Å². The van der Waals surface area contributed by atoms with Gasteiger partial charge in [0.05, 0.1) is 6.04 Å². The fourth-order valence-electron chi connectivity index (χ4n) is 1.93. The van der Waals surface area contributed by atoms with E-state index >= 15 is 0 Å². The smallest absolute Gasteiger partial charge is 0.217 e. The van der Waals surface area contributed by atoms with Crippen LogP contribution in [0.15, 0.2) is 23.8 Å². The first-order valence-electron chi connectivity index (χ1n) is 6.17. The summed E-state index contributed by atoms with van der Waals surface area (Å²) in [7, 11) is 0. The van der Waals surface area contributed by atoms with E-state index in [1.807, 2.05) is 19.9 Å². The molecular weight excluding hydrogens is 214 g/mol. The van der Waals surface area contributed by atoms with Crippen LogP contribution in [0.4, 0.5) is 0 Å². The fourth-order valence-corrected chi connectivity index (χ4v) is 1.93. The van der Waals surface area contributed by atoms with Crippen LogP contribution in [-0.4, -0.2) is 17.7 Å². The van der Waals surface area contributed by atoms with Gasteiger partial charge in [-0.25, -0.2) is 0 Å². The highest BCUT2D eigenvalue weighted by atomic mass is 16.2. The maximum absolute atomic E-state index is 12.0. The summed E-state index contributed by atoms with van der Waals surface area (Å²) in [5.74, 6) is -0.107. The van der Waals surface area contributed by atoms with E-state index in [-0.39, 0.29) is 23.7 Å². The van der Waals surface area contributed by atoms with Crippen LogP contribution in [0.25, 0.3) is 0 Å². The quantitative estimate of drug-likeness (QED) is 0.795. The minimum Gasteiger partial charge on any atom is -0.346 e. The molecule has 1 rings (SSSR count). The lowest BCUT2D eigenvalue weighted by atomic mass is 9.93. The third-order valence-corrected chi connectivity index (χ3v) is 2.80. The summed E-state index contributed by atoms with van der Waals surface area (Å²) < 4.78 is 0. The zero-order valence-corrected chi connectivity index (χ0v) is 10.8. The Morgan fingerprint density at radius 3 is 2.53 bits per heavy atom. The molecule has 1 N–H and O–H groups in total. The van der Waals surface area contributed by atoms with Crippen molar-refractivity contribution in [2.75, 3.05) is 0 Å². The van der Waals surface area contributed by atoms with Crippen LogP contribution in [0.3, 0.4) is 0 Å². The second-order valence-electron chi connectivity index (χ2n) is 4.77. The molecule has 0 aromatic rings. The van der Waals surface area contributed by atoms with Gasteiger partial charge in [-0.15, -0.1) is 0 Å². The summed E-state index contributed by atoms with van der Waals surface area (Å²) in [4.78, 5) is 23.1. The van der Waals surface area contributed by atoms with Gasteiger partial charge < -0.3 is 5.32 Å². The molecule has 94 valence electrons. The van der Waals surface area contributed by atoms with Gasteiger partial charge in [0.2, 0.25) is 5.91 Å². The zero-order valence-electron chi connectivity index (χ0n) is 10.8. The Bertz CT molecular complexity index is 353. The van der Waals surface area contributed by atoms with Gasteiger partial charge in [0, 0.05) is 12.8 Å². The highest BCUT2D eigenvalue weighted by Gasteiger charge is 2.22. The molecule has 17 heavy (non-hydrogen) atoms. The molecule has 0 radical (unpaired) electrons. The molecule has 0 aromatic carbocycles. The Balaban J connectivity index is 2.69. The average molecular weight is 235 g/mol. The topological polar surface area (TPSA) is 46.2 Å². The molecule has 1 aliphatic rings. The number of carbonyl (C=O) groups excluding carboxylic acids is 2. The Kier molecular flexibility index (Phi) is 5.13. The summed E-state index contributed by atoms with van der Waals surface area (Å²) in [6, 6.07) is -0.388. The number of hydrogen-bond donors (Lipinski definition) is 1. The van der Waals surface area contributed by atoms with Crippen molar-refractivity contribution in [3.63, 3.8) is 0 Å². The first-order chi connectivity index (χ1) is 8.00. The monoisotopic (exact) mass is 235 g/mol. The minimum atomic E-state index is -0.388. The van der Waals surface area contributed by atoms with Crippen molar-refractivity contribution < 1.29 is 9.59 Å². The molecule has 3 heteroatoms. The maximum atomic E-state index is 12.0. The lowest BCUT2D eigenvalue weighted by Gasteiger charge is -2.20. The van der Waals surface area contributed by atoms with E-state index in [2.05, 4.69) is 17.5 Å². The van der Waals surface area contributed by atoms with Crippen molar-refractivity contribution in [1.29, 1.82) is 0 Å². The standard InChI is InChI=1S/C14H21NO2/c1-10(2)14(17)13(15-11(3)16)9-12-7-5-4-6-8-12/h5,7-8,10,13H,4,6,9H2,1-3H3,(H,15,16). The van der Waals surface area contributed by atoms with Gasteiger partial charge in [0.15, 0.2) is 5.78 Å². The van der Waals surface area contributed by atoms with Gasteiger partial charge in [-0.3, -0.25) is 9.59 Å². The van der Waals surface area contributed by atoms with Crippen molar-refractivity contribution in [2.45, 2.75) is 46.1 Å². The molecule has 1 atom stereocenters. The second-order valence-corrected chi connectivity index (χ2v) is 4.77. The second kappa shape index (κ2) is 6.38. The van der Waals surface area contributed by atoms with Gasteiger partial charge in [-0.05, 0) is 24.8 Å². The highest BCUT2D eigenvalue weighted by Crippen LogP contribution is 2.17. The van der Waals surface area contributed by atoms with E-state index in [0.717, 1.165) is 18.4 Å². The Hall–Kier alpha value is -1.38. The van der Waals surface area contributed by atoms with Crippen molar-refractivity contribution in [3.8, 4) is 0 Å². The molecule has 0 saturated carbocycles. The maximum Gasteiger partial charge on any atom is 0.217 e. The summed E-state index contributed by atoms with van der Waals surface area (Å²) in [6.45, 7) is 5.18. The third-order valence-electron chi connectivity index (χ3n) is 2.80. The van der Waals surface area contributed by atoms with Gasteiger partial charge in [-0.2, -0.15) is 0 Å². The summed E-state index contributed by atoms with van der Waals surface area (Å²) in [5, 5.41) is 2.75. The molecule has 0 aliphatic heterocycles. The van der Waals surface area contributed by atoms with Crippen LogP contribution in [0.5, 0.6) is 0 Å². The number of allylic oxidation sites excluding steroid dienone is 3. The molecule has 0 bridgehead atoms. The molecular formula is C14H21NO2. The van der Waals surface area contributed by atoms with Crippen molar-refractivity contribution in [2.24, 2.45) is 5.92 Å². The van der Waals surface area contributed by atoms with Gasteiger partial charge >= 0.3 is 0 Å². The summed E-state index contributed by atoms with van der Waals surface area (Å²) in [6.07, 6.45) is 8.99. The third kappa shape index (κ3) is 4.55. The first kappa shape index (κ1) is 13.7. The number of carbonyl (C=O) groups is 2. The molecule has 1 aliphatic carbocycles.